The smallest absolute Gasteiger partial charge is 0.270 e. The van der Waals surface area contributed by atoms with Gasteiger partial charge in [-0.1, -0.05) is 0 Å². The van der Waals surface area contributed by atoms with E-state index in [1.807, 2.05) is 17.7 Å². The minimum Gasteiger partial charge on any atom is -0.485 e. The Labute approximate surface area is 115 Å². The summed E-state index contributed by atoms with van der Waals surface area (Å²) in [5, 5.41) is 19.9. The van der Waals surface area contributed by atoms with Gasteiger partial charge in [0, 0.05) is 36.6 Å². The Balaban J connectivity index is 2.15. The van der Waals surface area contributed by atoms with Crippen LogP contribution in [0.2, 0.25) is 0 Å². The molecule has 1 heterocycles. The van der Waals surface area contributed by atoms with E-state index in [0.29, 0.717) is 11.3 Å². The van der Waals surface area contributed by atoms with Crippen molar-refractivity contribution in [3.8, 4) is 5.75 Å². The second kappa shape index (κ2) is 6.16. The van der Waals surface area contributed by atoms with E-state index in [2.05, 4.69) is 4.98 Å². The number of nitro benzene ring substituents is 1. The van der Waals surface area contributed by atoms with Crippen LogP contribution in [0, 0.1) is 10.1 Å². The van der Waals surface area contributed by atoms with Crippen molar-refractivity contribution in [3.63, 3.8) is 0 Å². The minimum absolute atomic E-state index is 0.0727. The van der Waals surface area contributed by atoms with Crippen molar-refractivity contribution in [3.05, 3.63) is 52.1 Å². The first kappa shape index (κ1) is 14.0. The molecule has 0 unspecified atom stereocenters. The maximum Gasteiger partial charge on any atom is 0.270 e. The molecule has 2 aromatic rings. The number of aryl methyl sites for hydroxylation is 1. The Morgan fingerprint density at radius 1 is 1.50 bits per heavy atom. The molecule has 7 nitrogen and oxygen atoms in total. The van der Waals surface area contributed by atoms with E-state index in [-0.39, 0.29) is 18.9 Å². The van der Waals surface area contributed by atoms with Crippen LogP contribution in [0.15, 0.2) is 30.6 Å². The molecule has 2 rings (SSSR count). The topological polar surface area (TPSA) is 90.4 Å². The molecule has 1 aromatic carbocycles. The highest BCUT2D eigenvalue weighted by molar-refractivity contribution is 5.43. The second-order valence-corrected chi connectivity index (χ2v) is 4.13. The van der Waals surface area contributed by atoms with Crippen LogP contribution in [0.1, 0.15) is 18.3 Å². The molecule has 7 heteroatoms. The van der Waals surface area contributed by atoms with Gasteiger partial charge in [-0.15, -0.1) is 0 Å². The van der Waals surface area contributed by atoms with Crippen molar-refractivity contribution in [2.75, 3.05) is 0 Å². The number of aliphatic hydroxyl groups excluding tert-OH is 1. The molecular formula is C13H15N3O4. The van der Waals surface area contributed by atoms with Gasteiger partial charge < -0.3 is 14.4 Å². The molecule has 0 amide bonds. The fraction of sp³-hybridized carbons (Fsp3) is 0.308. The molecule has 0 saturated heterocycles. The molecule has 0 spiro atoms. The second-order valence-electron chi connectivity index (χ2n) is 4.13. The molecule has 0 atom stereocenters. The number of ether oxygens (including phenoxy) is 1. The lowest BCUT2D eigenvalue weighted by molar-refractivity contribution is -0.385. The third-order valence-electron chi connectivity index (χ3n) is 2.92. The zero-order valence-electron chi connectivity index (χ0n) is 11.0. The van der Waals surface area contributed by atoms with Crippen molar-refractivity contribution in [1.29, 1.82) is 0 Å². The Morgan fingerprint density at radius 3 is 2.95 bits per heavy atom. The fourth-order valence-corrected chi connectivity index (χ4v) is 1.85. The number of nitro groups is 1. The highest BCUT2D eigenvalue weighted by Crippen LogP contribution is 2.24. The van der Waals surface area contributed by atoms with E-state index < -0.39 is 4.92 Å². The predicted molar refractivity (Wildman–Crippen MR) is 71.3 cm³/mol. The van der Waals surface area contributed by atoms with Crippen molar-refractivity contribution >= 4 is 5.69 Å². The molecule has 20 heavy (non-hydrogen) atoms. The molecule has 0 aliphatic heterocycles. The highest BCUT2D eigenvalue weighted by Gasteiger charge is 2.12. The van der Waals surface area contributed by atoms with Gasteiger partial charge in [-0.25, -0.2) is 4.98 Å². The van der Waals surface area contributed by atoms with E-state index >= 15 is 0 Å². The van der Waals surface area contributed by atoms with Crippen molar-refractivity contribution in [2.24, 2.45) is 0 Å². The number of hydrogen-bond donors (Lipinski definition) is 1. The molecule has 0 saturated carbocycles. The molecular weight excluding hydrogens is 262 g/mol. The first-order chi connectivity index (χ1) is 9.65. The molecule has 1 N–H and O–H groups in total. The first-order valence-corrected chi connectivity index (χ1v) is 6.16. The summed E-state index contributed by atoms with van der Waals surface area (Å²) >= 11 is 0. The third-order valence-corrected chi connectivity index (χ3v) is 2.92. The lowest BCUT2D eigenvalue weighted by Crippen LogP contribution is -2.06. The zero-order chi connectivity index (χ0) is 14.5. The van der Waals surface area contributed by atoms with Crippen LogP contribution in [0.4, 0.5) is 5.69 Å². The Kier molecular flexibility index (Phi) is 4.31. The number of imidazole rings is 1. The summed E-state index contributed by atoms with van der Waals surface area (Å²) in [6, 6.07) is 4.14. The standard InChI is InChI=1S/C13H15N3O4/c1-2-15-6-5-14-13(15)9-20-12-4-3-11(16(18)19)7-10(12)8-17/h3-7,17H,2,8-9H2,1H3. The van der Waals surface area contributed by atoms with Crippen LogP contribution >= 0.6 is 0 Å². The van der Waals surface area contributed by atoms with Gasteiger partial charge in [0.2, 0.25) is 0 Å². The van der Waals surface area contributed by atoms with Crippen LogP contribution in [-0.4, -0.2) is 19.6 Å². The van der Waals surface area contributed by atoms with Gasteiger partial charge in [-0.2, -0.15) is 0 Å². The third kappa shape index (κ3) is 2.94. The van der Waals surface area contributed by atoms with Gasteiger partial charge >= 0.3 is 0 Å². The maximum absolute atomic E-state index is 10.7. The first-order valence-electron chi connectivity index (χ1n) is 6.16. The van der Waals surface area contributed by atoms with Gasteiger partial charge in [-0.3, -0.25) is 10.1 Å². The summed E-state index contributed by atoms with van der Waals surface area (Å²) in [6.45, 7) is 2.70. The van der Waals surface area contributed by atoms with Gasteiger partial charge in [0.25, 0.3) is 5.69 Å². The minimum atomic E-state index is -0.507. The van der Waals surface area contributed by atoms with Crippen LogP contribution in [-0.2, 0) is 19.8 Å². The number of aromatic nitrogens is 2. The molecule has 0 radical (unpaired) electrons. The Morgan fingerprint density at radius 2 is 2.30 bits per heavy atom. The number of rotatable bonds is 6. The normalized spacial score (nSPS) is 10.5. The van der Waals surface area contributed by atoms with E-state index in [1.165, 1.54) is 18.2 Å². The number of benzene rings is 1. The van der Waals surface area contributed by atoms with E-state index in [4.69, 9.17) is 4.74 Å². The number of aliphatic hydroxyl groups is 1. The van der Waals surface area contributed by atoms with Crippen LogP contribution < -0.4 is 4.74 Å². The van der Waals surface area contributed by atoms with Gasteiger partial charge in [0.05, 0.1) is 11.5 Å². The van der Waals surface area contributed by atoms with Gasteiger partial charge in [0.1, 0.15) is 18.2 Å². The average Bonchev–Trinajstić information content (AvgIpc) is 2.92. The van der Waals surface area contributed by atoms with Crippen molar-refractivity contribution in [1.82, 2.24) is 9.55 Å². The quantitative estimate of drug-likeness (QED) is 0.643. The molecule has 1 aromatic heterocycles. The largest absolute Gasteiger partial charge is 0.485 e. The van der Waals surface area contributed by atoms with Crippen molar-refractivity contribution in [2.45, 2.75) is 26.7 Å². The summed E-state index contributed by atoms with van der Waals surface area (Å²) in [4.78, 5) is 14.3. The Hall–Kier alpha value is -2.41. The van der Waals surface area contributed by atoms with Crippen LogP contribution in [0.5, 0.6) is 5.75 Å². The highest BCUT2D eigenvalue weighted by atomic mass is 16.6. The summed E-state index contributed by atoms with van der Waals surface area (Å²) in [5.74, 6) is 1.18. The van der Waals surface area contributed by atoms with Gasteiger partial charge in [0.15, 0.2) is 0 Å². The monoisotopic (exact) mass is 277 g/mol. The maximum atomic E-state index is 10.7. The summed E-state index contributed by atoms with van der Waals surface area (Å²) < 4.78 is 7.52. The number of hydrogen-bond acceptors (Lipinski definition) is 5. The van der Waals surface area contributed by atoms with E-state index in [1.54, 1.807) is 6.20 Å². The molecule has 0 aliphatic carbocycles. The number of nitrogens with zero attached hydrogens (tertiary/aromatic N) is 3. The van der Waals surface area contributed by atoms with Crippen LogP contribution in [0.25, 0.3) is 0 Å². The molecule has 0 bridgehead atoms. The van der Waals surface area contributed by atoms with Crippen molar-refractivity contribution < 1.29 is 14.8 Å². The molecule has 0 fully saturated rings. The molecule has 106 valence electrons. The predicted octanol–water partition coefficient (Wildman–Crippen LogP) is 1.88. The average molecular weight is 277 g/mol. The lowest BCUT2D eigenvalue weighted by atomic mass is 10.2. The molecule has 0 aliphatic rings. The van der Waals surface area contributed by atoms with E-state index in [9.17, 15) is 15.2 Å². The lowest BCUT2D eigenvalue weighted by Gasteiger charge is -2.10. The zero-order valence-corrected chi connectivity index (χ0v) is 11.0. The van der Waals surface area contributed by atoms with Gasteiger partial charge in [-0.05, 0) is 13.0 Å². The SMILES string of the molecule is CCn1ccnc1COc1ccc([N+](=O)[O-])cc1CO. The Bertz CT molecular complexity index is 609. The summed E-state index contributed by atoms with van der Waals surface area (Å²) in [7, 11) is 0. The van der Waals surface area contributed by atoms with Crippen LogP contribution in [0.3, 0.4) is 0 Å². The summed E-state index contributed by atoms with van der Waals surface area (Å²) in [5.41, 5.74) is 0.310. The summed E-state index contributed by atoms with van der Waals surface area (Å²) in [6.07, 6.45) is 3.53. The fourth-order valence-electron chi connectivity index (χ4n) is 1.85. The van der Waals surface area contributed by atoms with E-state index in [0.717, 1.165) is 12.4 Å². The number of non-ortho nitro benzene ring substituents is 1.